The summed E-state index contributed by atoms with van der Waals surface area (Å²) in [5.74, 6) is -0.762. The molecule has 0 saturated carbocycles. The lowest BCUT2D eigenvalue weighted by Crippen LogP contribution is -2.02. The fourth-order valence-corrected chi connectivity index (χ4v) is 1.26. The van der Waals surface area contributed by atoms with Gasteiger partial charge in [-0.1, -0.05) is 13.8 Å². The first-order valence-corrected chi connectivity index (χ1v) is 4.75. The zero-order valence-electron chi connectivity index (χ0n) is 8.98. The molecule has 0 bridgehead atoms. The van der Waals surface area contributed by atoms with Crippen LogP contribution in [0.2, 0.25) is 0 Å². The van der Waals surface area contributed by atoms with Crippen molar-refractivity contribution < 1.29 is 9.90 Å². The van der Waals surface area contributed by atoms with Gasteiger partial charge in [-0.3, -0.25) is 4.68 Å². The molecule has 1 aromatic rings. The van der Waals surface area contributed by atoms with Gasteiger partial charge in [0.15, 0.2) is 0 Å². The van der Waals surface area contributed by atoms with Crippen molar-refractivity contribution in [1.82, 2.24) is 9.78 Å². The lowest BCUT2D eigenvalue weighted by atomic mass is 10.1. The summed E-state index contributed by atoms with van der Waals surface area (Å²) in [5, 5.41) is 13.2. The molecule has 0 radical (unpaired) electrons. The van der Waals surface area contributed by atoms with Crippen LogP contribution in [-0.2, 0) is 0 Å². The maximum Gasteiger partial charge on any atom is 0.339 e. The molecule has 1 aromatic heterocycles. The van der Waals surface area contributed by atoms with Crippen molar-refractivity contribution in [3.05, 3.63) is 17.5 Å². The maximum atomic E-state index is 10.9. The minimum Gasteiger partial charge on any atom is -0.478 e. The van der Waals surface area contributed by atoms with Crippen molar-refractivity contribution in [3.63, 3.8) is 0 Å². The third-order valence-electron chi connectivity index (χ3n) is 2.07. The molecule has 78 valence electrons. The van der Waals surface area contributed by atoms with E-state index in [1.807, 2.05) is 27.7 Å². The van der Waals surface area contributed by atoms with E-state index in [0.717, 1.165) is 0 Å². The molecule has 4 nitrogen and oxygen atoms in total. The molecule has 0 atom stereocenters. The summed E-state index contributed by atoms with van der Waals surface area (Å²) in [7, 11) is 0. The van der Waals surface area contributed by atoms with Crippen LogP contribution in [0.25, 0.3) is 0 Å². The number of carboxylic acid groups (broad SMARTS) is 1. The van der Waals surface area contributed by atoms with Crippen LogP contribution in [0.1, 0.15) is 55.7 Å². The van der Waals surface area contributed by atoms with E-state index in [9.17, 15) is 4.79 Å². The van der Waals surface area contributed by atoms with Gasteiger partial charge in [0.1, 0.15) is 5.56 Å². The van der Waals surface area contributed by atoms with Crippen molar-refractivity contribution in [2.24, 2.45) is 0 Å². The molecule has 14 heavy (non-hydrogen) atoms. The van der Waals surface area contributed by atoms with E-state index in [4.69, 9.17) is 5.11 Å². The molecule has 0 spiro atoms. The van der Waals surface area contributed by atoms with Gasteiger partial charge < -0.3 is 5.11 Å². The Hall–Kier alpha value is -1.32. The summed E-state index contributed by atoms with van der Waals surface area (Å²) in [6.07, 6.45) is 1.60. The van der Waals surface area contributed by atoms with E-state index >= 15 is 0 Å². The van der Waals surface area contributed by atoms with Crippen LogP contribution in [0.3, 0.4) is 0 Å². The molecule has 0 aromatic carbocycles. The minimum absolute atomic E-state index is 0.140. The highest BCUT2D eigenvalue weighted by atomic mass is 16.4. The zero-order chi connectivity index (χ0) is 10.9. The SMILES string of the molecule is CC(C)c1nn(C(C)C)cc1C(=O)O. The second kappa shape index (κ2) is 3.82. The quantitative estimate of drug-likeness (QED) is 0.806. The molecule has 0 unspecified atom stereocenters. The predicted octanol–water partition coefficient (Wildman–Crippen LogP) is 2.29. The van der Waals surface area contributed by atoms with Gasteiger partial charge in [0.2, 0.25) is 0 Å². The Balaban J connectivity index is 3.19. The van der Waals surface area contributed by atoms with Crippen LogP contribution in [0.4, 0.5) is 0 Å². The number of carboxylic acids is 1. The molecular formula is C10H16N2O2. The number of aromatic nitrogens is 2. The maximum absolute atomic E-state index is 10.9. The second-order valence-corrected chi connectivity index (χ2v) is 3.96. The summed E-state index contributed by atoms with van der Waals surface area (Å²) in [4.78, 5) is 10.9. The van der Waals surface area contributed by atoms with Gasteiger partial charge in [0.05, 0.1) is 5.69 Å². The number of aromatic carboxylic acids is 1. The average molecular weight is 196 g/mol. The van der Waals surface area contributed by atoms with E-state index in [1.54, 1.807) is 10.9 Å². The van der Waals surface area contributed by atoms with Crippen molar-refractivity contribution in [2.45, 2.75) is 39.7 Å². The number of carbonyl (C=O) groups is 1. The van der Waals surface area contributed by atoms with E-state index in [1.165, 1.54) is 0 Å². The smallest absolute Gasteiger partial charge is 0.339 e. The summed E-state index contributed by atoms with van der Waals surface area (Å²) >= 11 is 0. The van der Waals surface area contributed by atoms with Crippen LogP contribution in [-0.4, -0.2) is 20.9 Å². The van der Waals surface area contributed by atoms with Crippen LogP contribution in [0.5, 0.6) is 0 Å². The van der Waals surface area contributed by atoms with Crippen molar-refractivity contribution in [3.8, 4) is 0 Å². The molecule has 1 N–H and O–H groups in total. The fraction of sp³-hybridized carbons (Fsp3) is 0.600. The summed E-state index contributed by atoms with van der Waals surface area (Å²) < 4.78 is 1.69. The summed E-state index contributed by atoms with van der Waals surface area (Å²) in [6.45, 7) is 7.84. The highest BCUT2D eigenvalue weighted by Gasteiger charge is 2.18. The Labute approximate surface area is 83.5 Å². The Morgan fingerprint density at radius 2 is 2.00 bits per heavy atom. The average Bonchev–Trinajstić information content (AvgIpc) is 2.47. The monoisotopic (exact) mass is 196 g/mol. The Bertz CT molecular complexity index is 340. The van der Waals surface area contributed by atoms with Gasteiger partial charge >= 0.3 is 5.97 Å². The van der Waals surface area contributed by atoms with E-state index < -0.39 is 5.97 Å². The fourth-order valence-electron chi connectivity index (χ4n) is 1.26. The lowest BCUT2D eigenvalue weighted by Gasteiger charge is -2.04. The second-order valence-electron chi connectivity index (χ2n) is 3.96. The standard InChI is InChI=1S/C10H16N2O2/c1-6(2)9-8(10(13)14)5-12(11-9)7(3)4/h5-7H,1-4H3,(H,13,14). The third kappa shape index (κ3) is 1.95. The Kier molecular flexibility index (Phi) is 2.93. The molecule has 0 aliphatic heterocycles. The zero-order valence-corrected chi connectivity index (χ0v) is 8.98. The number of hydrogen-bond donors (Lipinski definition) is 1. The van der Waals surface area contributed by atoms with Gasteiger partial charge in [-0.05, 0) is 19.8 Å². The van der Waals surface area contributed by atoms with Crippen molar-refractivity contribution in [1.29, 1.82) is 0 Å². The molecule has 0 amide bonds. The van der Waals surface area contributed by atoms with Crippen LogP contribution in [0, 0.1) is 0 Å². The van der Waals surface area contributed by atoms with Crippen LogP contribution >= 0.6 is 0 Å². The highest BCUT2D eigenvalue weighted by Crippen LogP contribution is 2.19. The number of nitrogens with zero attached hydrogens (tertiary/aromatic N) is 2. The van der Waals surface area contributed by atoms with Crippen LogP contribution < -0.4 is 0 Å². The van der Waals surface area contributed by atoms with Gasteiger partial charge in [-0.25, -0.2) is 4.79 Å². The van der Waals surface area contributed by atoms with Crippen molar-refractivity contribution in [2.75, 3.05) is 0 Å². The third-order valence-corrected chi connectivity index (χ3v) is 2.07. The topological polar surface area (TPSA) is 55.1 Å². The largest absolute Gasteiger partial charge is 0.478 e. The Morgan fingerprint density at radius 3 is 2.29 bits per heavy atom. The summed E-state index contributed by atoms with van der Waals surface area (Å²) in [5.41, 5.74) is 0.972. The molecule has 1 rings (SSSR count). The van der Waals surface area contributed by atoms with E-state index in [2.05, 4.69) is 5.10 Å². The molecule has 4 heteroatoms. The van der Waals surface area contributed by atoms with E-state index in [0.29, 0.717) is 11.3 Å². The molecule has 0 saturated heterocycles. The number of rotatable bonds is 3. The van der Waals surface area contributed by atoms with Gasteiger partial charge in [-0.2, -0.15) is 5.10 Å². The molecule has 0 aliphatic carbocycles. The first-order chi connectivity index (χ1) is 6.43. The molecule has 0 fully saturated rings. The van der Waals surface area contributed by atoms with Gasteiger partial charge in [-0.15, -0.1) is 0 Å². The predicted molar refractivity (Wildman–Crippen MR) is 53.7 cm³/mol. The molecule has 1 heterocycles. The lowest BCUT2D eigenvalue weighted by molar-refractivity contribution is 0.0695. The number of hydrogen-bond acceptors (Lipinski definition) is 2. The normalized spacial score (nSPS) is 11.3. The van der Waals surface area contributed by atoms with Gasteiger partial charge in [0.25, 0.3) is 0 Å². The van der Waals surface area contributed by atoms with E-state index in [-0.39, 0.29) is 12.0 Å². The Morgan fingerprint density at radius 1 is 1.43 bits per heavy atom. The first kappa shape index (κ1) is 10.8. The molecule has 0 aliphatic rings. The molecular weight excluding hydrogens is 180 g/mol. The minimum atomic E-state index is -0.902. The van der Waals surface area contributed by atoms with Gasteiger partial charge in [0, 0.05) is 12.2 Å². The van der Waals surface area contributed by atoms with Crippen LogP contribution in [0.15, 0.2) is 6.20 Å². The summed E-state index contributed by atoms with van der Waals surface area (Å²) in [6, 6.07) is 0.195. The highest BCUT2D eigenvalue weighted by molar-refractivity contribution is 5.88. The first-order valence-electron chi connectivity index (χ1n) is 4.75. The van der Waals surface area contributed by atoms with Crippen molar-refractivity contribution >= 4 is 5.97 Å².